The lowest BCUT2D eigenvalue weighted by atomic mass is 10.1. The fourth-order valence-corrected chi connectivity index (χ4v) is 3.59. The van der Waals surface area contributed by atoms with Crippen molar-refractivity contribution in [3.8, 4) is 5.75 Å². The Morgan fingerprint density at radius 1 is 1.23 bits per heavy atom. The molecule has 7 heteroatoms. The zero-order chi connectivity index (χ0) is 16.3. The minimum absolute atomic E-state index is 0.0443. The van der Waals surface area contributed by atoms with E-state index < -0.39 is 27.3 Å². The molecule has 2 aromatic carbocycles. The number of phenols is 1. The van der Waals surface area contributed by atoms with Gasteiger partial charge in [-0.05, 0) is 24.3 Å². The summed E-state index contributed by atoms with van der Waals surface area (Å²) in [7, 11) is -2.53. The quantitative estimate of drug-likeness (QED) is 0.865. The molecule has 0 atom stereocenters. The summed E-state index contributed by atoms with van der Waals surface area (Å²) in [6, 6.07) is 10.1. The summed E-state index contributed by atoms with van der Waals surface area (Å²) in [4.78, 5) is 11.6. The van der Waals surface area contributed by atoms with Gasteiger partial charge in [0.2, 0.25) is 0 Å². The van der Waals surface area contributed by atoms with Crippen LogP contribution in [-0.4, -0.2) is 26.6 Å². The Morgan fingerprint density at radius 2 is 1.91 bits per heavy atom. The van der Waals surface area contributed by atoms with Gasteiger partial charge in [-0.15, -0.1) is 0 Å². The zero-order valence-corrected chi connectivity index (χ0v) is 13.2. The van der Waals surface area contributed by atoms with Crippen molar-refractivity contribution in [1.82, 2.24) is 0 Å². The summed E-state index contributed by atoms with van der Waals surface area (Å²) in [6.07, 6.45) is 0. The number of benzene rings is 2. The number of halogens is 1. The molecule has 0 saturated carbocycles. The van der Waals surface area contributed by atoms with Crippen LogP contribution in [0.5, 0.6) is 5.75 Å². The van der Waals surface area contributed by atoms with Crippen molar-refractivity contribution in [1.29, 1.82) is 0 Å². The van der Waals surface area contributed by atoms with Crippen molar-refractivity contribution in [2.24, 2.45) is 0 Å². The number of aromatic hydroxyl groups is 1. The van der Waals surface area contributed by atoms with Crippen LogP contribution in [-0.2, 0) is 20.3 Å². The topological polar surface area (TPSA) is 80.7 Å². The molecule has 116 valence electrons. The van der Waals surface area contributed by atoms with Gasteiger partial charge in [0.05, 0.1) is 17.8 Å². The summed E-state index contributed by atoms with van der Waals surface area (Å²) >= 11 is 5.80. The molecule has 0 bridgehead atoms. The third kappa shape index (κ3) is 3.40. The van der Waals surface area contributed by atoms with Crippen LogP contribution in [0.25, 0.3) is 0 Å². The Kier molecular flexibility index (Phi) is 4.73. The molecule has 5 nitrogen and oxygen atoms in total. The molecule has 0 radical (unpaired) electrons. The van der Waals surface area contributed by atoms with Crippen LogP contribution in [0, 0.1) is 0 Å². The molecule has 0 aromatic heterocycles. The van der Waals surface area contributed by atoms with Crippen molar-refractivity contribution in [2.75, 3.05) is 7.11 Å². The lowest BCUT2D eigenvalue weighted by molar-refractivity contribution is 0.0597. The maximum atomic E-state index is 12.4. The number of hydrogen-bond donors (Lipinski definition) is 1. The fourth-order valence-electron chi connectivity index (χ4n) is 1.93. The van der Waals surface area contributed by atoms with Crippen LogP contribution in [0.2, 0.25) is 5.02 Å². The number of sulfone groups is 1. The number of rotatable bonds is 4. The van der Waals surface area contributed by atoms with E-state index >= 15 is 0 Å². The Morgan fingerprint density at radius 3 is 2.55 bits per heavy atom. The Bertz CT molecular complexity index is 814. The molecule has 0 saturated heterocycles. The fraction of sp³-hybridized carbons (Fsp3) is 0.133. The summed E-state index contributed by atoms with van der Waals surface area (Å²) in [5, 5.41) is 10.4. The highest BCUT2D eigenvalue weighted by Gasteiger charge is 2.21. The number of methoxy groups -OCH3 is 1. The smallest absolute Gasteiger partial charge is 0.341 e. The molecule has 2 aromatic rings. The van der Waals surface area contributed by atoms with Crippen LogP contribution in [0.1, 0.15) is 15.9 Å². The number of para-hydroxylation sites is 1. The van der Waals surface area contributed by atoms with E-state index in [-0.39, 0.29) is 16.0 Å². The van der Waals surface area contributed by atoms with Gasteiger partial charge in [-0.3, -0.25) is 0 Å². The highest BCUT2D eigenvalue weighted by molar-refractivity contribution is 7.90. The van der Waals surface area contributed by atoms with Crippen molar-refractivity contribution >= 4 is 27.4 Å². The van der Waals surface area contributed by atoms with Gasteiger partial charge in [0.15, 0.2) is 9.84 Å². The Balaban J connectivity index is 2.40. The van der Waals surface area contributed by atoms with Crippen LogP contribution in [0.15, 0.2) is 47.4 Å². The van der Waals surface area contributed by atoms with E-state index in [2.05, 4.69) is 4.74 Å². The van der Waals surface area contributed by atoms with E-state index in [9.17, 15) is 18.3 Å². The van der Waals surface area contributed by atoms with Gasteiger partial charge in [-0.25, -0.2) is 13.2 Å². The lowest BCUT2D eigenvalue weighted by Crippen LogP contribution is -2.08. The lowest BCUT2D eigenvalue weighted by Gasteiger charge is -2.09. The standard InChI is InChI=1S/C15H13ClO5S/c1-21-15(18)13-7-2-4-10(14(13)17)9-22(19,20)12-6-3-5-11(16)8-12/h2-8,17H,9H2,1H3. The molecule has 0 aliphatic rings. The van der Waals surface area contributed by atoms with E-state index in [0.717, 1.165) is 0 Å². The third-order valence-corrected chi connectivity index (χ3v) is 4.92. The van der Waals surface area contributed by atoms with E-state index in [0.29, 0.717) is 5.02 Å². The highest BCUT2D eigenvalue weighted by atomic mass is 35.5. The van der Waals surface area contributed by atoms with Gasteiger partial charge >= 0.3 is 5.97 Å². The molecule has 22 heavy (non-hydrogen) atoms. The Labute approximate surface area is 133 Å². The molecule has 0 fully saturated rings. The second-order valence-corrected chi connectivity index (χ2v) is 6.95. The summed E-state index contributed by atoms with van der Waals surface area (Å²) in [6.45, 7) is 0. The van der Waals surface area contributed by atoms with Crippen molar-refractivity contribution in [3.05, 3.63) is 58.6 Å². The molecule has 0 unspecified atom stereocenters. The van der Waals surface area contributed by atoms with Gasteiger partial charge in [-0.1, -0.05) is 29.8 Å². The predicted octanol–water partition coefficient (Wildman–Crippen LogP) is 2.81. The van der Waals surface area contributed by atoms with Crippen LogP contribution in [0.4, 0.5) is 0 Å². The molecule has 0 amide bonds. The maximum absolute atomic E-state index is 12.4. The van der Waals surface area contributed by atoms with Crippen LogP contribution >= 0.6 is 11.6 Å². The first-order valence-corrected chi connectivity index (χ1v) is 8.25. The molecule has 0 aliphatic carbocycles. The number of phenolic OH excluding ortho intramolecular Hbond substituents is 1. The monoisotopic (exact) mass is 340 g/mol. The van der Waals surface area contributed by atoms with E-state index in [4.69, 9.17) is 11.6 Å². The second-order valence-electron chi connectivity index (χ2n) is 4.52. The zero-order valence-electron chi connectivity index (χ0n) is 11.6. The number of ether oxygens (including phenoxy) is 1. The van der Waals surface area contributed by atoms with Gasteiger partial charge < -0.3 is 9.84 Å². The van der Waals surface area contributed by atoms with Crippen molar-refractivity contribution in [2.45, 2.75) is 10.6 Å². The summed E-state index contributed by atoms with van der Waals surface area (Å²) in [5.74, 6) is -1.59. The number of carbonyl (C=O) groups excluding carboxylic acids is 1. The SMILES string of the molecule is COC(=O)c1cccc(CS(=O)(=O)c2cccc(Cl)c2)c1O. The second kappa shape index (κ2) is 6.37. The van der Waals surface area contributed by atoms with Gasteiger partial charge in [0, 0.05) is 10.6 Å². The highest BCUT2D eigenvalue weighted by Crippen LogP contribution is 2.27. The average molecular weight is 341 g/mol. The van der Waals surface area contributed by atoms with Crippen molar-refractivity contribution in [3.63, 3.8) is 0 Å². The van der Waals surface area contributed by atoms with E-state index in [1.165, 1.54) is 43.5 Å². The first kappa shape index (κ1) is 16.3. The molecule has 1 N–H and O–H groups in total. The predicted molar refractivity (Wildman–Crippen MR) is 81.8 cm³/mol. The molecule has 0 spiro atoms. The minimum atomic E-state index is -3.70. The molecular formula is C15H13ClO5S. The normalized spacial score (nSPS) is 11.2. The number of esters is 1. The number of hydrogen-bond acceptors (Lipinski definition) is 5. The molecule has 0 aliphatic heterocycles. The minimum Gasteiger partial charge on any atom is -0.507 e. The van der Waals surface area contributed by atoms with E-state index in [1.807, 2.05) is 0 Å². The number of carbonyl (C=O) groups is 1. The summed E-state index contributed by atoms with van der Waals surface area (Å²) < 4.78 is 29.3. The van der Waals surface area contributed by atoms with Gasteiger partial charge in [-0.2, -0.15) is 0 Å². The molecular weight excluding hydrogens is 328 g/mol. The Hall–Kier alpha value is -2.05. The van der Waals surface area contributed by atoms with E-state index in [1.54, 1.807) is 6.07 Å². The van der Waals surface area contributed by atoms with Gasteiger partial charge in [0.25, 0.3) is 0 Å². The first-order valence-electron chi connectivity index (χ1n) is 6.22. The van der Waals surface area contributed by atoms with Gasteiger partial charge in [0.1, 0.15) is 11.3 Å². The van der Waals surface area contributed by atoms with Crippen LogP contribution in [0.3, 0.4) is 0 Å². The largest absolute Gasteiger partial charge is 0.507 e. The molecule has 0 heterocycles. The van der Waals surface area contributed by atoms with Crippen LogP contribution < -0.4 is 0 Å². The third-order valence-electron chi connectivity index (χ3n) is 3.03. The maximum Gasteiger partial charge on any atom is 0.341 e. The average Bonchev–Trinajstić information content (AvgIpc) is 2.48. The summed E-state index contributed by atoms with van der Waals surface area (Å²) in [5.41, 5.74) is 0.0316. The first-order chi connectivity index (χ1) is 10.3. The van der Waals surface area contributed by atoms with Crippen molar-refractivity contribution < 1.29 is 23.1 Å². The molecule has 2 rings (SSSR count).